The van der Waals surface area contributed by atoms with Gasteiger partial charge in [-0.2, -0.15) is 0 Å². The van der Waals surface area contributed by atoms with Crippen LogP contribution >= 0.6 is 11.3 Å². The predicted molar refractivity (Wildman–Crippen MR) is 75.2 cm³/mol. The van der Waals surface area contributed by atoms with Crippen molar-refractivity contribution in [1.82, 2.24) is 15.2 Å². The summed E-state index contributed by atoms with van der Waals surface area (Å²) < 4.78 is 5.17. The van der Waals surface area contributed by atoms with Gasteiger partial charge in [0.05, 0.1) is 18.8 Å². The number of aromatic carboxylic acids is 1. The smallest absolute Gasteiger partial charge is 0.347 e. The largest absolute Gasteiger partial charge is 0.477 e. The van der Waals surface area contributed by atoms with Crippen LogP contribution < -0.4 is 5.32 Å². The molecular formula is C12H19N3O4S. The molecule has 0 saturated heterocycles. The van der Waals surface area contributed by atoms with E-state index in [9.17, 15) is 9.59 Å². The minimum absolute atomic E-state index is 0.207. The molecule has 0 unspecified atom stereocenters. The Hall–Kier alpha value is -1.67. The lowest BCUT2D eigenvalue weighted by atomic mass is 10.4. The second-order valence-electron chi connectivity index (χ2n) is 4.10. The van der Waals surface area contributed by atoms with Crippen LogP contribution in [0, 0.1) is 6.92 Å². The van der Waals surface area contributed by atoms with E-state index in [1.54, 1.807) is 14.0 Å². The second kappa shape index (κ2) is 7.81. The Balaban J connectivity index is 2.44. The number of carboxylic acid groups (broad SMARTS) is 1. The third-order valence-electron chi connectivity index (χ3n) is 2.55. The van der Waals surface area contributed by atoms with Gasteiger partial charge in [0, 0.05) is 20.2 Å². The van der Waals surface area contributed by atoms with Crippen LogP contribution in [-0.4, -0.2) is 53.8 Å². The molecule has 0 fully saturated rings. The van der Waals surface area contributed by atoms with Crippen LogP contribution in [0.4, 0.5) is 4.79 Å². The number of nitrogens with zero attached hydrogens (tertiary/aromatic N) is 2. The quantitative estimate of drug-likeness (QED) is 0.741. The zero-order valence-corrected chi connectivity index (χ0v) is 12.6. The molecule has 0 aliphatic heterocycles. The molecule has 20 heavy (non-hydrogen) atoms. The molecule has 112 valence electrons. The summed E-state index contributed by atoms with van der Waals surface area (Å²) in [5.74, 6) is -0.994. The fourth-order valence-electron chi connectivity index (χ4n) is 1.46. The Labute approximate surface area is 121 Å². The van der Waals surface area contributed by atoms with Gasteiger partial charge < -0.3 is 20.1 Å². The van der Waals surface area contributed by atoms with Crippen LogP contribution in [0.3, 0.4) is 0 Å². The van der Waals surface area contributed by atoms with Gasteiger partial charge in [-0.05, 0) is 13.8 Å². The Morgan fingerprint density at radius 3 is 2.75 bits per heavy atom. The van der Waals surface area contributed by atoms with Crippen LogP contribution in [0.15, 0.2) is 0 Å². The number of carbonyl (C=O) groups is 2. The molecule has 2 amide bonds. The van der Waals surface area contributed by atoms with Gasteiger partial charge in [0.15, 0.2) is 0 Å². The van der Waals surface area contributed by atoms with Crippen molar-refractivity contribution in [3.05, 3.63) is 15.6 Å². The SMILES string of the molecule is CCOCCN(C)C(=O)NCc1nc(C)c(C(=O)O)s1. The first-order valence-electron chi connectivity index (χ1n) is 6.22. The van der Waals surface area contributed by atoms with Gasteiger partial charge in [0.1, 0.15) is 9.88 Å². The van der Waals surface area contributed by atoms with E-state index in [2.05, 4.69) is 10.3 Å². The summed E-state index contributed by atoms with van der Waals surface area (Å²) in [7, 11) is 1.67. The van der Waals surface area contributed by atoms with Crippen molar-refractivity contribution in [1.29, 1.82) is 0 Å². The standard InChI is InChI=1S/C12H19N3O4S/c1-4-19-6-5-15(3)12(18)13-7-9-14-8(2)10(20-9)11(16)17/h4-7H2,1-3H3,(H,13,18)(H,16,17). The van der Waals surface area contributed by atoms with E-state index in [0.717, 1.165) is 11.3 Å². The van der Waals surface area contributed by atoms with Crippen LogP contribution in [0.5, 0.6) is 0 Å². The molecule has 7 nitrogen and oxygen atoms in total. The first-order chi connectivity index (χ1) is 9.45. The maximum absolute atomic E-state index is 11.8. The number of amides is 2. The van der Waals surface area contributed by atoms with Gasteiger partial charge in [0.25, 0.3) is 0 Å². The number of carboxylic acids is 1. The van der Waals surface area contributed by atoms with Crippen molar-refractivity contribution in [2.24, 2.45) is 0 Å². The van der Waals surface area contributed by atoms with E-state index in [-0.39, 0.29) is 17.5 Å². The maximum atomic E-state index is 11.8. The molecule has 0 saturated carbocycles. The van der Waals surface area contributed by atoms with Crippen molar-refractivity contribution in [2.45, 2.75) is 20.4 Å². The number of hydrogen-bond acceptors (Lipinski definition) is 5. The first-order valence-corrected chi connectivity index (χ1v) is 7.03. The summed E-state index contributed by atoms with van der Waals surface area (Å²) in [5.41, 5.74) is 0.469. The number of thiazole rings is 1. The zero-order chi connectivity index (χ0) is 15.1. The molecule has 1 rings (SSSR count). The Morgan fingerprint density at radius 1 is 1.50 bits per heavy atom. The highest BCUT2D eigenvalue weighted by Gasteiger charge is 2.15. The third kappa shape index (κ3) is 4.78. The first kappa shape index (κ1) is 16.4. The number of urea groups is 1. The minimum Gasteiger partial charge on any atom is -0.477 e. The lowest BCUT2D eigenvalue weighted by molar-refractivity contribution is 0.0701. The van der Waals surface area contributed by atoms with Crippen LogP contribution in [-0.2, 0) is 11.3 Å². The summed E-state index contributed by atoms with van der Waals surface area (Å²) in [5, 5.41) is 12.2. The average Bonchev–Trinajstić information content (AvgIpc) is 2.77. The normalized spacial score (nSPS) is 10.3. The predicted octanol–water partition coefficient (Wildman–Crippen LogP) is 1.33. The molecule has 2 N–H and O–H groups in total. The van der Waals surface area contributed by atoms with Crippen molar-refractivity contribution in [2.75, 3.05) is 26.8 Å². The minimum atomic E-state index is -0.994. The van der Waals surface area contributed by atoms with E-state index in [1.165, 1.54) is 4.90 Å². The van der Waals surface area contributed by atoms with Gasteiger partial charge >= 0.3 is 12.0 Å². The number of likely N-dealkylation sites (N-methyl/N-ethyl adjacent to an activating group) is 1. The lowest BCUT2D eigenvalue weighted by Gasteiger charge is -2.17. The van der Waals surface area contributed by atoms with Crippen LogP contribution in [0.2, 0.25) is 0 Å². The molecule has 8 heteroatoms. The number of aromatic nitrogens is 1. The monoisotopic (exact) mass is 301 g/mol. The van der Waals surface area contributed by atoms with Gasteiger partial charge in [-0.15, -0.1) is 11.3 Å². The number of carbonyl (C=O) groups excluding carboxylic acids is 1. The van der Waals surface area contributed by atoms with E-state index < -0.39 is 5.97 Å². The van der Waals surface area contributed by atoms with Crippen molar-refractivity contribution in [3.63, 3.8) is 0 Å². The number of hydrogen-bond donors (Lipinski definition) is 2. The molecular weight excluding hydrogens is 282 g/mol. The number of rotatable bonds is 7. The molecule has 0 atom stereocenters. The second-order valence-corrected chi connectivity index (χ2v) is 5.19. The number of ether oxygens (including phenoxy) is 1. The van der Waals surface area contributed by atoms with Crippen molar-refractivity contribution >= 4 is 23.3 Å². The highest BCUT2D eigenvalue weighted by Crippen LogP contribution is 2.17. The molecule has 0 aliphatic rings. The molecule has 0 radical (unpaired) electrons. The lowest BCUT2D eigenvalue weighted by Crippen LogP contribution is -2.38. The van der Waals surface area contributed by atoms with Gasteiger partial charge in [0.2, 0.25) is 0 Å². The van der Waals surface area contributed by atoms with Gasteiger partial charge in [-0.3, -0.25) is 0 Å². The van der Waals surface area contributed by atoms with Crippen LogP contribution in [0.25, 0.3) is 0 Å². The van der Waals surface area contributed by atoms with Crippen molar-refractivity contribution in [3.8, 4) is 0 Å². The molecule has 0 spiro atoms. The Kier molecular flexibility index (Phi) is 6.40. The van der Waals surface area contributed by atoms with E-state index in [1.807, 2.05) is 6.92 Å². The van der Waals surface area contributed by atoms with E-state index in [4.69, 9.17) is 9.84 Å². The average molecular weight is 301 g/mol. The molecule has 1 heterocycles. The highest BCUT2D eigenvalue weighted by atomic mass is 32.1. The molecule has 0 bridgehead atoms. The van der Waals surface area contributed by atoms with Crippen molar-refractivity contribution < 1.29 is 19.4 Å². The molecule has 1 aromatic rings. The highest BCUT2D eigenvalue weighted by molar-refractivity contribution is 7.13. The maximum Gasteiger partial charge on any atom is 0.347 e. The summed E-state index contributed by atoms with van der Waals surface area (Å²) in [6, 6.07) is -0.241. The zero-order valence-electron chi connectivity index (χ0n) is 11.8. The topological polar surface area (TPSA) is 91.8 Å². The van der Waals surface area contributed by atoms with Crippen LogP contribution in [0.1, 0.15) is 27.3 Å². The summed E-state index contributed by atoms with van der Waals surface area (Å²) in [6.45, 7) is 5.35. The molecule has 0 aliphatic carbocycles. The summed E-state index contributed by atoms with van der Waals surface area (Å²) in [4.78, 5) is 28.5. The molecule has 1 aromatic heterocycles. The number of aryl methyl sites for hydroxylation is 1. The molecule has 0 aromatic carbocycles. The Bertz CT molecular complexity index is 475. The van der Waals surface area contributed by atoms with Gasteiger partial charge in [-0.25, -0.2) is 14.6 Å². The fraction of sp³-hybridized carbons (Fsp3) is 0.583. The van der Waals surface area contributed by atoms with Gasteiger partial charge in [-0.1, -0.05) is 0 Å². The fourth-order valence-corrected chi connectivity index (χ4v) is 2.30. The van der Waals surface area contributed by atoms with E-state index in [0.29, 0.717) is 30.5 Å². The third-order valence-corrected chi connectivity index (χ3v) is 3.69. The summed E-state index contributed by atoms with van der Waals surface area (Å²) in [6.07, 6.45) is 0. The van der Waals surface area contributed by atoms with E-state index >= 15 is 0 Å². The Morgan fingerprint density at radius 2 is 2.20 bits per heavy atom. The summed E-state index contributed by atoms with van der Waals surface area (Å²) >= 11 is 1.07. The number of nitrogens with one attached hydrogen (secondary N) is 1.